The highest BCUT2D eigenvalue weighted by molar-refractivity contribution is 4.91. The number of likely N-dealkylation sites (tertiary alicyclic amines) is 1. The van der Waals surface area contributed by atoms with Crippen LogP contribution < -0.4 is 5.32 Å². The first-order valence-corrected chi connectivity index (χ1v) is 7.64. The molecule has 2 aliphatic heterocycles. The third kappa shape index (κ3) is 3.69. The Morgan fingerprint density at radius 3 is 2.83 bits per heavy atom. The minimum atomic E-state index is 0.369. The average Bonchev–Trinajstić information content (AvgIpc) is 2.90. The summed E-state index contributed by atoms with van der Waals surface area (Å²) in [5.74, 6) is 0.732. The van der Waals surface area contributed by atoms with E-state index in [0.717, 1.165) is 38.3 Å². The highest BCUT2D eigenvalue weighted by Crippen LogP contribution is 2.31. The summed E-state index contributed by atoms with van der Waals surface area (Å²) in [4.78, 5) is 2.67. The van der Waals surface area contributed by atoms with Crippen molar-refractivity contribution in [2.45, 2.75) is 46.1 Å². The van der Waals surface area contributed by atoms with Crippen molar-refractivity contribution in [3.05, 3.63) is 0 Å². The van der Waals surface area contributed by atoms with E-state index < -0.39 is 0 Å². The second-order valence-corrected chi connectivity index (χ2v) is 6.79. The normalized spacial score (nSPS) is 33.7. The summed E-state index contributed by atoms with van der Waals surface area (Å²) in [6, 6.07) is 0.771. The quantitative estimate of drug-likeness (QED) is 0.786. The van der Waals surface area contributed by atoms with E-state index >= 15 is 0 Å². The molecule has 0 radical (unpaired) electrons. The minimum Gasteiger partial charge on any atom is -0.381 e. The van der Waals surface area contributed by atoms with Crippen LogP contribution in [0.15, 0.2) is 0 Å². The molecule has 106 valence electrons. The SMILES string of the molecule is CC(C)CNCC1(CN2CCCC2C)CCOC1. The Kier molecular flexibility index (Phi) is 5.05. The molecule has 0 aromatic heterocycles. The van der Waals surface area contributed by atoms with Gasteiger partial charge in [-0.15, -0.1) is 0 Å². The van der Waals surface area contributed by atoms with Crippen LogP contribution in [0.2, 0.25) is 0 Å². The number of rotatable bonds is 6. The minimum absolute atomic E-state index is 0.369. The van der Waals surface area contributed by atoms with Gasteiger partial charge in [-0.25, -0.2) is 0 Å². The van der Waals surface area contributed by atoms with Crippen LogP contribution in [0.25, 0.3) is 0 Å². The summed E-state index contributed by atoms with van der Waals surface area (Å²) < 4.78 is 5.70. The average molecular weight is 254 g/mol. The number of hydrogen-bond donors (Lipinski definition) is 1. The van der Waals surface area contributed by atoms with Gasteiger partial charge in [0.15, 0.2) is 0 Å². The van der Waals surface area contributed by atoms with E-state index in [0.29, 0.717) is 5.41 Å². The maximum atomic E-state index is 5.70. The summed E-state index contributed by atoms with van der Waals surface area (Å²) >= 11 is 0. The number of ether oxygens (including phenoxy) is 1. The zero-order valence-corrected chi connectivity index (χ0v) is 12.4. The first-order valence-electron chi connectivity index (χ1n) is 7.64. The monoisotopic (exact) mass is 254 g/mol. The van der Waals surface area contributed by atoms with Gasteiger partial charge in [0.05, 0.1) is 6.61 Å². The van der Waals surface area contributed by atoms with Crippen molar-refractivity contribution >= 4 is 0 Å². The maximum absolute atomic E-state index is 5.70. The van der Waals surface area contributed by atoms with Crippen molar-refractivity contribution in [3.63, 3.8) is 0 Å². The smallest absolute Gasteiger partial charge is 0.0547 e. The topological polar surface area (TPSA) is 24.5 Å². The largest absolute Gasteiger partial charge is 0.381 e. The molecule has 0 aromatic carbocycles. The molecule has 3 heteroatoms. The molecule has 0 saturated carbocycles. The molecule has 0 bridgehead atoms. The summed E-state index contributed by atoms with van der Waals surface area (Å²) in [6.45, 7) is 13.6. The van der Waals surface area contributed by atoms with Crippen LogP contribution in [-0.4, -0.2) is 50.3 Å². The zero-order valence-electron chi connectivity index (χ0n) is 12.4. The summed E-state index contributed by atoms with van der Waals surface area (Å²) in [7, 11) is 0. The molecule has 2 saturated heterocycles. The molecular weight excluding hydrogens is 224 g/mol. The standard InChI is InChI=1S/C15H30N2O/c1-13(2)9-16-10-15(6-8-18-12-15)11-17-7-4-5-14(17)3/h13-14,16H,4-12H2,1-3H3. The molecule has 2 rings (SSSR count). The molecule has 0 spiro atoms. The van der Waals surface area contributed by atoms with Gasteiger partial charge in [-0.2, -0.15) is 0 Å². The predicted molar refractivity (Wildman–Crippen MR) is 75.8 cm³/mol. The van der Waals surface area contributed by atoms with Gasteiger partial charge in [0.2, 0.25) is 0 Å². The fourth-order valence-electron chi connectivity index (χ4n) is 3.25. The van der Waals surface area contributed by atoms with E-state index in [1.807, 2.05) is 0 Å². The Morgan fingerprint density at radius 1 is 1.44 bits per heavy atom. The van der Waals surface area contributed by atoms with Crippen molar-refractivity contribution < 1.29 is 4.74 Å². The Morgan fingerprint density at radius 2 is 2.28 bits per heavy atom. The highest BCUT2D eigenvalue weighted by Gasteiger charge is 2.38. The Balaban J connectivity index is 1.85. The molecule has 18 heavy (non-hydrogen) atoms. The van der Waals surface area contributed by atoms with E-state index in [1.54, 1.807) is 0 Å². The van der Waals surface area contributed by atoms with Crippen LogP contribution in [0.5, 0.6) is 0 Å². The van der Waals surface area contributed by atoms with Gasteiger partial charge >= 0.3 is 0 Å². The van der Waals surface area contributed by atoms with Gasteiger partial charge in [-0.3, -0.25) is 4.90 Å². The van der Waals surface area contributed by atoms with Crippen molar-refractivity contribution in [1.29, 1.82) is 0 Å². The van der Waals surface area contributed by atoms with Gasteiger partial charge in [0.1, 0.15) is 0 Å². The second-order valence-electron chi connectivity index (χ2n) is 6.79. The van der Waals surface area contributed by atoms with Crippen molar-refractivity contribution in [2.24, 2.45) is 11.3 Å². The molecular formula is C15H30N2O. The van der Waals surface area contributed by atoms with Crippen molar-refractivity contribution in [3.8, 4) is 0 Å². The Labute approximate surface area is 112 Å². The van der Waals surface area contributed by atoms with Crippen LogP contribution >= 0.6 is 0 Å². The fourth-order valence-corrected chi connectivity index (χ4v) is 3.25. The van der Waals surface area contributed by atoms with E-state index in [2.05, 4.69) is 31.0 Å². The molecule has 2 aliphatic rings. The summed E-state index contributed by atoms with van der Waals surface area (Å²) in [5.41, 5.74) is 0.369. The van der Waals surface area contributed by atoms with Crippen LogP contribution in [0.1, 0.15) is 40.0 Å². The lowest BCUT2D eigenvalue weighted by Gasteiger charge is -2.34. The number of nitrogens with one attached hydrogen (secondary N) is 1. The zero-order chi connectivity index (χ0) is 13.0. The molecule has 1 N–H and O–H groups in total. The van der Waals surface area contributed by atoms with E-state index in [9.17, 15) is 0 Å². The lowest BCUT2D eigenvalue weighted by atomic mass is 9.86. The van der Waals surface area contributed by atoms with Crippen molar-refractivity contribution in [2.75, 3.05) is 39.4 Å². The maximum Gasteiger partial charge on any atom is 0.0547 e. The highest BCUT2D eigenvalue weighted by atomic mass is 16.5. The predicted octanol–water partition coefficient (Wildman–Crippen LogP) is 2.12. The molecule has 2 heterocycles. The summed E-state index contributed by atoms with van der Waals surface area (Å²) in [5, 5.41) is 3.65. The van der Waals surface area contributed by atoms with Gasteiger partial charge in [-0.05, 0) is 45.2 Å². The van der Waals surface area contributed by atoms with Gasteiger partial charge in [0, 0.05) is 31.2 Å². The molecule has 0 aromatic rings. The molecule has 3 nitrogen and oxygen atoms in total. The first-order chi connectivity index (χ1) is 8.61. The van der Waals surface area contributed by atoms with Crippen LogP contribution in [0.3, 0.4) is 0 Å². The van der Waals surface area contributed by atoms with Crippen LogP contribution in [0.4, 0.5) is 0 Å². The lowest BCUT2D eigenvalue weighted by molar-refractivity contribution is 0.105. The number of hydrogen-bond acceptors (Lipinski definition) is 3. The lowest BCUT2D eigenvalue weighted by Crippen LogP contribution is -2.46. The van der Waals surface area contributed by atoms with Crippen LogP contribution in [-0.2, 0) is 4.74 Å². The van der Waals surface area contributed by atoms with E-state index in [1.165, 1.54) is 32.4 Å². The molecule has 2 unspecified atom stereocenters. The fraction of sp³-hybridized carbons (Fsp3) is 1.00. The van der Waals surface area contributed by atoms with Crippen LogP contribution in [0, 0.1) is 11.3 Å². The molecule has 0 aliphatic carbocycles. The van der Waals surface area contributed by atoms with E-state index in [-0.39, 0.29) is 0 Å². The second kappa shape index (κ2) is 6.36. The molecule has 0 amide bonds. The molecule has 2 fully saturated rings. The Bertz CT molecular complexity index is 249. The van der Waals surface area contributed by atoms with Gasteiger partial charge in [-0.1, -0.05) is 13.8 Å². The first kappa shape index (κ1) is 14.3. The number of nitrogens with zero attached hydrogens (tertiary/aromatic N) is 1. The van der Waals surface area contributed by atoms with Gasteiger partial charge in [0.25, 0.3) is 0 Å². The third-order valence-electron chi connectivity index (χ3n) is 4.47. The summed E-state index contributed by atoms with van der Waals surface area (Å²) in [6.07, 6.45) is 3.97. The Hall–Kier alpha value is -0.120. The van der Waals surface area contributed by atoms with E-state index in [4.69, 9.17) is 4.74 Å². The third-order valence-corrected chi connectivity index (χ3v) is 4.47. The van der Waals surface area contributed by atoms with Gasteiger partial charge < -0.3 is 10.1 Å². The molecule has 2 atom stereocenters. The van der Waals surface area contributed by atoms with Crippen molar-refractivity contribution in [1.82, 2.24) is 10.2 Å².